The highest BCUT2D eigenvalue weighted by Crippen LogP contribution is 2.33. The van der Waals surface area contributed by atoms with Crippen LogP contribution in [0.15, 0.2) is 41.0 Å². The molecule has 0 bridgehead atoms. The molecular formula is C18H18BrFN4O2. The number of carbonyl (C=O) groups excluding carboxylic acids is 2. The van der Waals surface area contributed by atoms with Gasteiger partial charge in [0.2, 0.25) is 5.91 Å². The van der Waals surface area contributed by atoms with Gasteiger partial charge in [-0.1, -0.05) is 12.1 Å². The van der Waals surface area contributed by atoms with Gasteiger partial charge in [-0.2, -0.15) is 0 Å². The van der Waals surface area contributed by atoms with Gasteiger partial charge in [0.25, 0.3) is 5.91 Å². The number of benzene rings is 1. The molecule has 2 amide bonds. The van der Waals surface area contributed by atoms with Gasteiger partial charge >= 0.3 is 0 Å². The minimum absolute atomic E-state index is 0.0499. The fourth-order valence-corrected chi connectivity index (χ4v) is 3.15. The van der Waals surface area contributed by atoms with Gasteiger partial charge in [-0.15, -0.1) is 0 Å². The van der Waals surface area contributed by atoms with E-state index >= 15 is 0 Å². The van der Waals surface area contributed by atoms with Gasteiger partial charge < -0.3 is 15.5 Å². The molecule has 0 fully saturated rings. The van der Waals surface area contributed by atoms with Gasteiger partial charge in [0, 0.05) is 16.7 Å². The Morgan fingerprint density at radius 2 is 2.19 bits per heavy atom. The van der Waals surface area contributed by atoms with Crippen LogP contribution in [0.2, 0.25) is 0 Å². The third kappa shape index (κ3) is 3.85. The number of nitrogens with zero attached hydrogens (tertiary/aromatic N) is 2. The van der Waals surface area contributed by atoms with Gasteiger partial charge in [-0.05, 0) is 53.5 Å². The summed E-state index contributed by atoms with van der Waals surface area (Å²) in [5.74, 6) is -0.658. The summed E-state index contributed by atoms with van der Waals surface area (Å²) in [5, 5.41) is 5.90. The predicted octanol–water partition coefficient (Wildman–Crippen LogP) is 3.07. The number of hydrogen-bond acceptors (Lipinski definition) is 4. The van der Waals surface area contributed by atoms with Crippen molar-refractivity contribution in [2.45, 2.75) is 26.1 Å². The highest BCUT2D eigenvalue weighted by molar-refractivity contribution is 9.10. The van der Waals surface area contributed by atoms with Crippen LogP contribution in [0.1, 0.15) is 35.9 Å². The Morgan fingerprint density at radius 1 is 1.42 bits per heavy atom. The van der Waals surface area contributed by atoms with Crippen LogP contribution in [-0.4, -0.2) is 34.3 Å². The van der Waals surface area contributed by atoms with E-state index in [0.717, 1.165) is 0 Å². The van der Waals surface area contributed by atoms with E-state index in [-0.39, 0.29) is 24.4 Å². The van der Waals surface area contributed by atoms with Crippen molar-refractivity contribution in [3.63, 3.8) is 0 Å². The molecule has 3 rings (SSSR count). The van der Waals surface area contributed by atoms with Crippen LogP contribution in [0.3, 0.4) is 0 Å². The maximum atomic E-state index is 13.7. The van der Waals surface area contributed by atoms with Crippen LogP contribution in [-0.2, 0) is 4.79 Å². The number of pyridine rings is 1. The van der Waals surface area contributed by atoms with Crippen molar-refractivity contribution in [2.75, 3.05) is 11.9 Å². The maximum Gasteiger partial charge on any atom is 0.260 e. The van der Waals surface area contributed by atoms with Crippen LogP contribution < -0.4 is 10.6 Å². The largest absolute Gasteiger partial charge is 0.352 e. The smallest absolute Gasteiger partial charge is 0.260 e. The number of amides is 2. The first-order valence-electron chi connectivity index (χ1n) is 8.13. The second-order valence-corrected chi connectivity index (χ2v) is 7.22. The first kappa shape index (κ1) is 18.3. The molecule has 0 spiro atoms. The summed E-state index contributed by atoms with van der Waals surface area (Å²) in [6, 6.07) is 7.52. The SMILES string of the molecule is CC(C)NC(=O)CN1C(=O)c2cc(Br)cnc2NC1c1cccc(F)c1. The molecule has 136 valence electrons. The molecule has 2 heterocycles. The molecule has 0 radical (unpaired) electrons. The normalized spacial score (nSPS) is 16.3. The van der Waals surface area contributed by atoms with Gasteiger partial charge in [0.1, 0.15) is 24.3 Å². The lowest BCUT2D eigenvalue weighted by atomic mass is 10.1. The summed E-state index contributed by atoms with van der Waals surface area (Å²) in [6.45, 7) is 3.53. The Labute approximate surface area is 158 Å². The van der Waals surface area contributed by atoms with E-state index in [9.17, 15) is 14.0 Å². The average molecular weight is 421 g/mol. The topological polar surface area (TPSA) is 74.3 Å². The number of rotatable bonds is 4. The third-order valence-electron chi connectivity index (χ3n) is 3.86. The number of anilines is 1. The van der Waals surface area contributed by atoms with Crippen molar-refractivity contribution < 1.29 is 14.0 Å². The fraction of sp³-hybridized carbons (Fsp3) is 0.278. The molecule has 2 aromatic rings. The molecule has 1 aliphatic heterocycles. The molecule has 0 saturated heterocycles. The van der Waals surface area contributed by atoms with Crippen molar-refractivity contribution >= 4 is 33.6 Å². The van der Waals surface area contributed by atoms with E-state index in [1.54, 1.807) is 24.4 Å². The van der Waals surface area contributed by atoms with Crippen molar-refractivity contribution in [1.29, 1.82) is 0 Å². The van der Waals surface area contributed by atoms with E-state index in [1.807, 2.05) is 13.8 Å². The van der Waals surface area contributed by atoms with Gasteiger partial charge in [-0.25, -0.2) is 9.37 Å². The van der Waals surface area contributed by atoms with Gasteiger partial charge in [0.15, 0.2) is 0 Å². The Morgan fingerprint density at radius 3 is 2.88 bits per heavy atom. The minimum atomic E-state index is -0.697. The van der Waals surface area contributed by atoms with Crippen LogP contribution in [0, 0.1) is 5.82 Å². The van der Waals surface area contributed by atoms with Crippen molar-refractivity contribution in [2.24, 2.45) is 0 Å². The maximum absolute atomic E-state index is 13.7. The molecule has 6 nitrogen and oxygen atoms in total. The number of halogens is 2. The zero-order chi connectivity index (χ0) is 18.8. The highest BCUT2D eigenvalue weighted by atomic mass is 79.9. The van der Waals surface area contributed by atoms with Crippen LogP contribution in [0.25, 0.3) is 0 Å². The van der Waals surface area contributed by atoms with E-state index in [2.05, 4.69) is 31.5 Å². The summed E-state index contributed by atoms with van der Waals surface area (Å²) >= 11 is 3.30. The first-order chi connectivity index (χ1) is 12.3. The molecule has 0 saturated carbocycles. The molecule has 1 aliphatic rings. The minimum Gasteiger partial charge on any atom is -0.352 e. The number of hydrogen-bond donors (Lipinski definition) is 2. The van der Waals surface area contributed by atoms with E-state index in [4.69, 9.17) is 0 Å². The standard InChI is InChI=1S/C18H18BrFN4O2/c1-10(2)22-15(25)9-24-17(11-4-3-5-13(20)6-11)23-16-14(18(24)26)7-12(19)8-21-16/h3-8,10,17H,9H2,1-2H3,(H,21,23)(H,22,25). The van der Waals surface area contributed by atoms with Crippen molar-refractivity contribution in [1.82, 2.24) is 15.2 Å². The lowest BCUT2D eigenvalue weighted by molar-refractivity contribution is -0.122. The zero-order valence-corrected chi connectivity index (χ0v) is 15.9. The zero-order valence-electron chi connectivity index (χ0n) is 14.3. The summed E-state index contributed by atoms with van der Waals surface area (Å²) in [7, 11) is 0. The lowest BCUT2D eigenvalue weighted by Gasteiger charge is -2.37. The van der Waals surface area contributed by atoms with Crippen LogP contribution in [0.4, 0.5) is 10.2 Å². The van der Waals surface area contributed by atoms with Crippen LogP contribution >= 0.6 is 15.9 Å². The van der Waals surface area contributed by atoms with Gasteiger partial charge in [0.05, 0.1) is 5.56 Å². The lowest BCUT2D eigenvalue weighted by Crippen LogP contribution is -2.49. The molecule has 8 heteroatoms. The Bertz CT molecular complexity index is 859. The highest BCUT2D eigenvalue weighted by Gasteiger charge is 2.35. The number of nitrogens with one attached hydrogen (secondary N) is 2. The number of fused-ring (bicyclic) bond motifs is 1. The molecule has 1 atom stereocenters. The third-order valence-corrected chi connectivity index (χ3v) is 4.29. The monoisotopic (exact) mass is 420 g/mol. The molecule has 26 heavy (non-hydrogen) atoms. The average Bonchev–Trinajstić information content (AvgIpc) is 2.57. The number of aromatic nitrogens is 1. The van der Waals surface area contributed by atoms with Crippen LogP contribution in [0.5, 0.6) is 0 Å². The van der Waals surface area contributed by atoms with E-state index in [0.29, 0.717) is 21.4 Å². The summed E-state index contributed by atoms with van der Waals surface area (Å²) in [4.78, 5) is 30.9. The van der Waals surface area contributed by atoms with Gasteiger partial charge in [-0.3, -0.25) is 9.59 Å². The number of carbonyl (C=O) groups is 2. The fourth-order valence-electron chi connectivity index (χ4n) is 2.82. The van der Waals surface area contributed by atoms with Crippen molar-refractivity contribution in [3.05, 3.63) is 57.9 Å². The first-order valence-corrected chi connectivity index (χ1v) is 8.92. The molecule has 0 aliphatic carbocycles. The predicted molar refractivity (Wildman–Crippen MR) is 99.0 cm³/mol. The molecule has 2 N–H and O–H groups in total. The van der Waals surface area contributed by atoms with E-state index < -0.39 is 12.0 Å². The van der Waals surface area contributed by atoms with E-state index in [1.165, 1.54) is 17.0 Å². The molecule has 1 aromatic carbocycles. The summed E-state index contributed by atoms with van der Waals surface area (Å²) < 4.78 is 14.4. The summed E-state index contributed by atoms with van der Waals surface area (Å²) in [6.07, 6.45) is 0.875. The Balaban J connectivity index is 2.00. The second kappa shape index (κ2) is 7.41. The van der Waals surface area contributed by atoms with Crippen molar-refractivity contribution in [3.8, 4) is 0 Å². The summed E-state index contributed by atoms with van der Waals surface area (Å²) in [5.41, 5.74) is 0.885. The molecular weight excluding hydrogens is 403 g/mol. The quantitative estimate of drug-likeness (QED) is 0.796. The Hall–Kier alpha value is -2.48. The Kier molecular flexibility index (Phi) is 5.22. The molecule has 1 unspecified atom stereocenters. The second-order valence-electron chi connectivity index (χ2n) is 6.31. The molecule has 1 aromatic heterocycles.